The van der Waals surface area contributed by atoms with Crippen molar-refractivity contribution in [3.05, 3.63) is 60.4 Å². The molecule has 0 spiro atoms. The van der Waals surface area contributed by atoms with Crippen LogP contribution in [0.25, 0.3) is 22.6 Å². The van der Waals surface area contributed by atoms with Crippen molar-refractivity contribution in [2.45, 2.75) is 6.92 Å². The van der Waals surface area contributed by atoms with Crippen LogP contribution in [0, 0.1) is 6.92 Å². The van der Waals surface area contributed by atoms with Crippen molar-refractivity contribution >= 4 is 28.6 Å². The van der Waals surface area contributed by atoms with E-state index >= 15 is 0 Å². The highest BCUT2D eigenvalue weighted by molar-refractivity contribution is 5.91. The Morgan fingerprint density at radius 3 is 2.52 bits per heavy atom. The number of nitrogens with zero attached hydrogens (tertiary/aromatic N) is 4. The average Bonchev–Trinajstić information content (AvgIpc) is 3.07. The SMILES string of the molecule is Cc1ccc(NC(=O)COc2ccc(-c3nc4c(N)ncnc4n3C)cc2)cc1. The zero-order valence-corrected chi connectivity index (χ0v) is 16.1. The first kappa shape index (κ1) is 18.4. The number of amides is 1. The van der Waals surface area contributed by atoms with Crippen LogP contribution in [0.3, 0.4) is 0 Å². The van der Waals surface area contributed by atoms with E-state index in [0.717, 1.165) is 22.6 Å². The largest absolute Gasteiger partial charge is 0.484 e. The van der Waals surface area contributed by atoms with E-state index in [0.29, 0.717) is 22.7 Å². The van der Waals surface area contributed by atoms with Gasteiger partial charge in [0.1, 0.15) is 17.9 Å². The molecule has 0 unspecified atom stereocenters. The lowest BCUT2D eigenvalue weighted by Crippen LogP contribution is -2.20. The van der Waals surface area contributed by atoms with Gasteiger partial charge in [-0.05, 0) is 43.3 Å². The van der Waals surface area contributed by atoms with Gasteiger partial charge < -0.3 is 20.4 Å². The molecule has 1 amide bonds. The normalized spacial score (nSPS) is 10.8. The number of nitrogens with one attached hydrogen (secondary N) is 1. The Bertz CT molecular complexity index is 1170. The molecule has 3 N–H and O–H groups in total. The van der Waals surface area contributed by atoms with Crippen LogP contribution in [-0.2, 0) is 11.8 Å². The number of carbonyl (C=O) groups is 1. The third-order valence-corrected chi connectivity index (χ3v) is 4.50. The van der Waals surface area contributed by atoms with Crippen LogP contribution >= 0.6 is 0 Å². The van der Waals surface area contributed by atoms with Crippen molar-refractivity contribution in [1.29, 1.82) is 0 Å². The third-order valence-electron chi connectivity index (χ3n) is 4.50. The zero-order chi connectivity index (χ0) is 20.4. The number of carbonyl (C=O) groups excluding carboxylic acids is 1. The number of imidazole rings is 1. The molecule has 8 heteroatoms. The van der Waals surface area contributed by atoms with E-state index < -0.39 is 0 Å². The minimum Gasteiger partial charge on any atom is -0.484 e. The van der Waals surface area contributed by atoms with E-state index in [1.54, 1.807) is 12.1 Å². The second kappa shape index (κ2) is 7.59. The Morgan fingerprint density at radius 1 is 1.10 bits per heavy atom. The fraction of sp³-hybridized carbons (Fsp3) is 0.143. The van der Waals surface area contributed by atoms with Crippen molar-refractivity contribution < 1.29 is 9.53 Å². The van der Waals surface area contributed by atoms with Gasteiger partial charge in [0.05, 0.1) is 0 Å². The van der Waals surface area contributed by atoms with Crippen LogP contribution in [0.5, 0.6) is 5.75 Å². The fourth-order valence-corrected chi connectivity index (χ4v) is 2.96. The molecule has 0 fully saturated rings. The summed E-state index contributed by atoms with van der Waals surface area (Å²) in [5.74, 6) is 1.43. The molecule has 29 heavy (non-hydrogen) atoms. The summed E-state index contributed by atoms with van der Waals surface area (Å²) in [6.07, 6.45) is 1.42. The highest BCUT2D eigenvalue weighted by Gasteiger charge is 2.13. The second-order valence-electron chi connectivity index (χ2n) is 6.65. The summed E-state index contributed by atoms with van der Waals surface area (Å²) in [6.45, 7) is 1.92. The molecular weight excluding hydrogens is 368 g/mol. The predicted molar refractivity (Wildman–Crippen MR) is 111 cm³/mol. The third kappa shape index (κ3) is 3.86. The van der Waals surface area contributed by atoms with Crippen LogP contribution in [0.15, 0.2) is 54.9 Å². The lowest BCUT2D eigenvalue weighted by molar-refractivity contribution is -0.118. The number of nitrogen functional groups attached to an aromatic ring is 1. The van der Waals surface area contributed by atoms with E-state index in [9.17, 15) is 4.79 Å². The van der Waals surface area contributed by atoms with Gasteiger partial charge >= 0.3 is 0 Å². The summed E-state index contributed by atoms with van der Waals surface area (Å²) in [5.41, 5.74) is 9.87. The van der Waals surface area contributed by atoms with Crippen LogP contribution in [0.4, 0.5) is 11.5 Å². The molecule has 0 radical (unpaired) electrons. The Balaban J connectivity index is 1.43. The first-order chi connectivity index (χ1) is 14.0. The highest BCUT2D eigenvalue weighted by atomic mass is 16.5. The molecule has 4 aromatic rings. The van der Waals surface area contributed by atoms with Crippen LogP contribution in [0.2, 0.25) is 0 Å². The summed E-state index contributed by atoms with van der Waals surface area (Å²) in [6, 6.07) is 14.9. The number of aryl methyl sites for hydroxylation is 2. The van der Waals surface area contributed by atoms with Gasteiger partial charge in [0.2, 0.25) is 0 Å². The molecular formula is C21H20N6O2. The summed E-state index contributed by atoms with van der Waals surface area (Å²) in [5, 5.41) is 2.80. The number of hydrogen-bond donors (Lipinski definition) is 2. The lowest BCUT2D eigenvalue weighted by Gasteiger charge is -2.08. The number of anilines is 2. The maximum atomic E-state index is 12.1. The lowest BCUT2D eigenvalue weighted by atomic mass is 10.2. The van der Waals surface area contributed by atoms with E-state index in [1.807, 2.05) is 54.9 Å². The molecule has 2 aromatic heterocycles. The second-order valence-corrected chi connectivity index (χ2v) is 6.65. The molecule has 0 aliphatic rings. The van der Waals surface area contributed by atoms with Crippen molar-refractivity contribution in [3.8, 4) is 17.1 Å². The minimum atomic E-state index is -0.220. The Labute approximate surface area is 167 Å². The van der Waals surface area contributed by atoms with E-state index in [1.165, 1.54) is 6.33 Å². The van der Waals surface area contributed by atoms with E-state index in [4.69, 9.17) is 10.5 Å². The fourth-order valence-electron chi connectivity index (χ4n) is 2.96. The summed E-state index contributed by atoms with van der Waals surface area (Å²) in [4.78, 5) is 24.8. The number of aromatic nitrogens is 4. The predicted octanol–water partition coefficient (Wildman–Crippen LogP) is 2.94. The topological polar surface area (TPSA) is 108 Å². The Hall–Kier alpha value is -3.94. The molecule has 4 rings (SSSR count). The molecule has 0 atom stereocenters. The molecule has 8 nitrogen and oxygen atoms in total. The molecule has 0 aliphatic heterocycles. The molecule has 0 saturated heterocycles. The van der Waals surface area contributed by atoms with Crippen molar-refractivity contribution in [2.75, 3.05) is 17.7 Å². The van der Waals surface area contributed by atoms with Gasteiger partial charge in [-0.25, -0.2) is 15.0 Å². The molecule has 2 aromatic carbocycles. The number of nitrogens with two attached hydrogens (primary N) is 1. The van der Waals surface area contributed by atoms with Crippen molar-refractivity contribution in [1.82, 2.24) is 19.5 Å². The summed E-state index contributed by atoms with van der Waals surface area (Å²) < 4.78 is 7.44. The van der Waals surface area contributed by atoms with Crippen molar-refractivity contribution in [3.63, 3.8) is 0 Å². The number of ether oxygens (including phenoxy) is 1. The smallest absolute Gasteiger partial charge is 0.262 e. The zero-order valence-electron chi connectivity index (χ0n) is 16.1. The first-order valence-corrected chi connectivity index (χ1v) is 9.04. The first-order valence-electron chi connectivity index (χ1n) is 9.04. The number of fused-ring (bicyclic) bond motifs is 1. The maximum absolute atomic E-state index is 12.1. The monoisotopic (exact) mass is 388 g/mol. The van der Waals surface area contributed by atoms with Gasteiger partial charge in [0.25, 0.3) is 5.91 Å². The molecule has 2 heterocycles. The van der Waals surface area contributed by atoms with Gasteiger partial charge in [-0.3, -0.25) is 4.79 Å². The quantitative estimate of drug-likeness (QED) is 0.544. The molecule has 0 bridgehead atoms. The van der Waals surface area contributed by atoms with Gasteiger partial charge in [-0.15, -0.1) is 0 Å². The molecule has 0 aliphatic carbocycles. The average molecular weight is 388 g/mol. The summed E-state index contributed by atoms with van der Waals surface area (Å²) >= 11 is 0. The van der Waals surface area contributed by atoms with Crippen LogP contribution in [-0.4, -0.2) is 32.0 Å². The summed E-state index contributed by atoms with van der Waals surface area (Å²) in [7, 11) is 1.87. The molecule has 0 saturated carbocycles. The molecule has 146 valence electrons. The van der Waals surface area contributed by atoms with E-state index in [2.05, 4.69) is 20.3 Å². The Kier molecular flexibility index (Phi) is 4.82. The minimum absolute atomic E-state index is 0.0777. The van der Waals surface area contributed by atoms with E-state index in [-0.39, 0.29) is 12.5 Å². The Morgan fingerprint density at radius 2 is 1.83 bits per heavy atom. The van der Waals surface area contributed by atoms with Gasteiger partial charge in [-0.2, -0.15) is 0 Å². The van der Waals surface area contributed by atoms with Crippen LogP contribution < -0.4 is 15.8 Å². The van der Waals surface area contributed by atoms with Gasteiger partial charge in [0.15, 0.2) is 23.6 Å². The number of benzene rings is 2. The standard InChI is InChI=1S/C21H20N6O2/c1-13-3-7-15(8-4-13)25-17(28)11-29-16-9-5-14(6-10-16)20-26-18-19(22)23-12-24-21(18)27(20)2/h3-10,12H,11H2,1-2H3,(H,25,28)(H2,22,23,24). The van der Waals surface area contributed by atoms with Crippen molar-refractivity contribution in [2.24, 2.45) is 7.05 Å². The van der Waals surface area contributed by atoms with Gasteiger partial charge in [-0.1, -0.05) is 17.7 Å². The van der Waals surface area contributed by atoms with Gasteiger partial charge in [0, 0.05) is 18.3 Å². The van der Waals surface area contributed by atoms with Crippen LogP contribution in [0.1, 0.15) is 5.56 Å². The number of rotatable bonds is 5. The maximum Gasteiger partial charge on any atom is 0.262 e. The highest BCUT2D eigenvalue weighted by Crippen LogP contribution is 2.26. The number of hydrogen-bond acceptors (Lipinski definition) is 6.